The zero-order chi connectivity index (χ0) is 19.5. The van der Waals surface area contributed by atoms with Crippen molar-refractivity contribution in [1.82, 2.24) is 9.80 Å². The number of benzene rings is 1. The highest BCUT2D eigenvalue weighted by molar-refractivity contribution is 7.80. The van der Waals surface area contributed by atoms with Gasteiger partial charge in [0.05, 0.1) is 6.54 Å². The first-order valence-corrected chi connectivity index (χ1v) is 11.3. The van der Waals surface area contributed by atoms with Crippen LogP contribution < -0.4 is 5.32 Å². The number of anilines is 1. The van der Waals surface area contributed by atoms with E-state index in [1.165, 1.54) is 29.8 Å². The van der Waals surface area contributed by atoms with Crippen LogP contribution in [-0.2, 0) is 13.0 Å². The lowest BCUT2D eigenvalue weighted by Gasteiger charge is -2.26. The number of hydrogen-bond donors (Lipinski definition) is 1. The molecule has 148 valence electrons. The summed E-state index contributed by atoms with van der Waals surface area (Å²) in [6.07, 6.45) is 4.69. The molecule has 0 fully saturated rings. The van der Waals surface area contributed by atoms with Crippen LogP contribution in [0.3, 0.4) is 0 Å². The summed E-state index contributed by atoms with van der Waals surface area (Å²) in [7, 11) is 2.21. The van der Waals surface area contributed by atoms with Crippen molar-refractivity contribution < 1.29 is 0 Å². The third kappa shape index (κ3) is 7.99. The average Bonchev–Trinajstić information content (AvgIpc) is 3.19. The van der Waals surface area contributed by atoms with E-state index < -0.39 is 0 Å². The van der Waals surface area contributed by atoms with Crippen molar-refractivity contribution in [2.75, 3.05) is 32.0 Å². The van der Waals surface area contributed by atoms with Crippen LogP contribution in [0.15, 0.2) is 41.8 Å². The molecule has 0 spiro atoms. The minimum Gasteiger partial charge on any atom is -0.344 e. The predicted octanol–water partition coefficient (Wildman–Crippen LogP) is 5.63. The highest BCUT2D eigenvalue weighted by Crippen LogP contribution is 2.15. The van der Waals surface area contributed by atoms with Crippen LogP contribution in [-0.4, -0.2) is 41.6 Å². The number of aryl methyl sites for hydroxylation is 1. The molecule has 27 heavy (non-hydrogen) atoms. The fourth-order valence-corrected chi connectivity index (χ4v) is 3.93. The topological polar surface area (TPSA) is 18.5 Å². The Kier molecular flexibility index (Phi) is 9.81. The molecular weight excluding hydrogens is 370 g/mol. The monoisotopic (exact) mass is 403 g/mol. The van der Waals surface area contributed by atoms with Gasteiger partial charge in [-0.25, -0.2) is 0 Å². The van der Waals surface area contributed by atoms with Crippen LogP contribution in [0.5, 0.6) is 0 Å². The Balaban J connectivity index is 1.92. The lowest BCUT2D eigenvalue weighted by molar-refractivity contribution is 0.300. The van der Waals surface area contributed by atoms with Gasteiger partial charge >= 0.3 is 0 Å². The molecule has 0 radical (unpaired) electrons. The molecule has 0 bridgehead atoms. The number of nitrogens with zero attached hydrogens (tertiary/aromatic N) is 2. The maximum absolute atomic E-state index is 5.75. The molecule has 0 aliphatic heterocycles. The van der Waals surface area contributed by atoms with Gasteiger partial charge in [-0.3, -0.25) is 0 Å². The first kappa shape index (κ1) is 21.9. The van der Waals surface area contributed by atoms with Crippen LogP contribution in [0.2, 0.25) is 0 Å². The van der Waals surface area contributed by atoms with E-state index >= 15 is 0 Å². The minimum absolute atomic E-state index is 0.809. The van der Waals surface area contributed by atoms with Gasteiger partial charge < -0.3 is 15.1 Å². The maximum atomic E-state index is 5.75. The van der Waals surface area contributed by atoms with E-state index in [9.17, 15) is 0 Å². The zero-order valence-corrected chi connectivity index (χ0v) is 18.5. The van der Waals surface area contributed by atoms with Crippen molar-refractivity contribution in [2.24, 2.45) is 0 Å². The summed E-state index contributed by atoms with van der Waals surface area (Å²) in [4.78, 5) is 6.06. The van der Waals surface area contributed by atoms with Crippen molar-refractivity contribution in [3.8, 4) is 0 Å². The summed E-state index contributed by atoms with van der Waals surface area (Å²) in [6.45, 7) is 8.53. The van der Waals surface area contributed by atoms with Gasteiger partial charge in [0.2, 0.25) is 0 Å². The highest BCUT2D eigenvalue weighted by atomic mass is 32.1. The molecule has 1 N–H and O–H groups in total. The third-order valence-electron chi connectivity index (χ3n) is 4.69. The molecule has 2 aromatic rings. The van der Waals surface area contributed by atoms with Gasteiger partial charge in [-0.2, -0.15) is 0 Å². The van der Waals surface area contributed by atoms with E-state index in [4.69, 9.17) is 12.2 Å². The van der Waals surface area contributed by atoms with Gasteiger partial charge in [-0.15, -0.1) is 11.3 Å². The summed E-state index contributed by atoms with van der Waals surface area (Å²) in [5.74, 6) is 0. The van der Waals surface area contributed by atoms with Crippen molar-refractivity contribution >= 4 is 34.4 Å². The second kappa shape index (κ2) is 12.1. The molecule has 0 amide bonds. The SMILES string of the molecule is CCCCN(C)CCCN(Cc1cccs1)C(=S)Nc1ccc(CC)cc1. The maximum Gasteiger partial charge on any atom is 0.173 e. The summed E-state index contributed by atoms with van der Waals surface area (Å²) < 4.78 is 0. The van der Waals surface area contributed by atoms with Crippen molar-refractivity contribution in [3.05, 3.63) is 52.2 Å². The average molecular weight is 404 g/mol. The largest absolute Gasteiger partial charge is 0.344 e. The number of hydrogen-bond acceptors (Lipinski definition) is 3. The van der Waals surface area contributed by atoms with E-state index in [-0.39, 0.29) is 0 Å². The quantitative estimate of drug-likeness (QED) is 0.490. The van der Waals surface area contributed by atoms with Crippen LogP contribution >= 0.6 is 23.6 Å². The van der Waals surface area contributed by atoms with Gasteiger partial charge in [0.25, 0.3) is 0 Å². The Morgan fingerprint density at radius 2 is 1.78 bits per heavy atom. The molecule has 5 heteroatoms. The van der Waals surface area contributed by atoms with Crippen LogP contribution in [0.1, 0.15) is 43.6 Å². The molecule has 0 saturated heterocycles. The fraction of sp³-hybridized carbons (Fsp3) is 0.500. The fourth-order valence-electron chi connectivity index (χ4n) is 2.94. The standard InChI is InChI=1S/C22H33N3S2/c1-4-6-14-24(3)15-8-16-25(18-21-9-7-17-27-21)22(26)23-20-12-10-19(5-2)11-13-20/h7,9-13,17H,4-6,8,14-16,18H2,1-3H3,(H,23,26). The molecular formula is C22H33N3S2. The van der Waals surface area contributed by atoms with Gasteiger partial charge in [0.15, 0.2) is 5.11 Å². The molecule has 2 rings (SSSR count). The van der Waals surface area contributed by atoms with Gasteiger partial charge in [-0.1, -0.05) is 38.5 Å². The van der Waals surface area contributed by atoms with Crippen molar-refractivity contribution in [1.29, 1.82) is 0 Å². The Hall–Kier alpha value is -1.43. The summed E-state index contributed by atoms with van der Waals surface area (Å²) >= 11 is 7.54. The molecule has 1 heterocycles. The molecule has 3 nitrogen and oxygen atoms in total. The van der Waals surface area contributed by atoms with E-state index in [0.29, 0.717) is 0 Å². The lowest BCUT2D eigenvalue weighted by atomic mass is 10.1. The Morgan fingerprint density at radius 3 is 2.41 bits per heavy atom. The molecule has 0 unspecified atom stereocenters. The second-order valence-corrected chi connectivity index (χ2v) is 8.41. The van der Waals surface area contributed by atoms with Crippen molar-refractivity contribution in [2.45, 2.75) is 46.1 Å². The molecule has 0 saturated carbocycles. The van der Waals surface area contributed by atoms with Gasteiger partial charge in [-0.05, 0) is 80.8 Å². The Bertz CT molecular complexity index is 653. The summed E-state index contributed by atoms with van der Waals surface area (Å²) in [6, 6.07) is 12.9. The Labute approximate surface area is 174 Å². The van der Waals surface area contributed by atoms with E-state index in [1.807, 2.05) is 0 Å². The molecule has 1 aromatic heterocycles. The summed E-state index contributed by atoms with van der Waals surface area (Å²) in [5.41, 5.74) is 2.41. The Morgan fingerprint density at radius 1 is 1.04 bits per heavy atom. The van der Waals surface area contributed by atoms with Crippen molar-refractivity contribution in [3.63, 3.8) is 0 Å². The molecule has 0 aliphatic carbocycles. The van der Waals surface area contributed by atoms with Crippen LogP contribution in [0, 0.1) is 0 Å². The zero-order valence-electron chi connectivity index (χ0n) is 16.9. The van der Waals surface area contributed by atoms with Gasteiger partial charge in [0.1, 0.15) is 0 Å². The number of thiocarbonyl (C=S) groups is 1. The van der Waals surface area contributed by atoms with E-state index in [0.717, 1.165) is 43.3 Å². The minimum atomic E-state index is 0.809. The number of nitrogens with one attached hydrogen (secondary N) is 1. The number of thiophene rings is 1. The third-order valence-corrected chi connectivity index (χ3v) is 5.91. The van der Waals surface area contributed by atoms with E-state index in [1.54, 1.807) is 11.3 Å². The first-order valence-electron chi connectivity index (χ1n) is 9.98. The molecule has 0 atom stereocenters. The van der Waals surface area contributed by atoms with Crippen LogP contribution in [0.4, 0.5) is 5.69 Å². The lowest BCUT2D eigenvalue weighted by Crippen LogP contribution is -2.36. The smallest absolute Gasteiger partial charge is 0.173 e. The highest BCUT2D eigenvalue weighted by Gasteiger charge is 2.12. The number of rotatable bonds is 11. The van der Waals surface area contributed by atoms with E-state index in [2.05, 4.69) is 77.8 Å². The second-order valence-electron chi connectivity index (χ2n) is 6.99. The number of unbranched alkanes of at least 4 members (excludes halogenated alkanes) is 1. The molecule has 0 aliphatic rings. The van der Waals surface area contributed by atoms with Gasteiger partial charge in [0, 0.05) is 17.1 Å². The predicted molar refractivity (Wildman–Crippen MR) is 124 cm³/mol. The van der Waals surface area contributed by atoms with Crippen LogP contribution in [0.25, 0.3) is 0 Å². The first-order chi connectivity index (χ1) is 13.1. The summed E-state index contributed by atoms with van der Waals surface area (Å²) in [5, 5.41) is 6.37. The molecule has 1 aromatic carbocycles. The normalized spacial score (nSPS) is 11.0.